The van der Waals surface area contributed by atoms with E-state index in [4.69, 9.17) is 0 Å². The lowest BCUT2D eigenvalue weighted by Crippen LogP contribution is -2.12. The van der Waals surface area contributed by atoms with Crippen LogP contribution in [0.3, 0.4) is 0 Å². The molecule has 0 amide bonds. The number of benzene rings is 1. The lowest BCUT2D eigenvalue weighted by molar-refractivity contribution is 0.454. The average molecular weight is 351 g/mol. The first-order valence-electron chi connectivity index (χ1n) is 5.52. The highest BCUT2D eigenvalue weighted by molar-refractivity contribution is 9.10. The molecule has 20 heavy (non-hydrogen) atoms. The van der Waals surface area contributed by atoms with Crippen LogP contribution in [0.15, 0.2) is 38.9 Å². The van der Waals surface area contributed by atoms with Gasteiger partial charge in [0.25, 0.3) is 5.56 Å². The van der Waals surface area contributed by atoms with Gasteiger partial charge in [0.05, 0.1) is 0 Å². The second kappa shape index (κ2) is 5.14. The van der Waals surface area contributed by atoms with Crippen LogP contribution in [-0.2, 0) is 0 Å². The Balaban J connectivity index is 2.14. The van der Waals surface area contributed by atoms with Crippen molar-refractivity contribution in [1.29, 1.82) is 0 Å². The van der Waals surface area contributed by atoms with Crippen molar-refractivity contribution in [1.82, 2.24) is 19.6 Å². The van der Waals surface area contributed by atoms with E-state index in [1.165, 1.54) is 0 Å². The summed E-state index contributed by atoms with van der Waals surface area (Å²) in [5.41, 5.74) is 0.708. The average Bonchev–Trinajstić information content (AvgIpc) is 2.94. The van der Waals surface area contributed by atoms with Crippen LogP contribution in [0.5, 0.6) is 5.88 Å². The van der Waals surface area contributed by atoms with Gasteiger partial charge in [-0.15, -0.1) is 5.10 Å². The van der Waals surface area contributed by atoms with Crippen molar-refractivity contribution in [2.24, 2.45) is 0 Å². The normalized spacial score (nSPS) is 10.7. The molecule has 0 fully saturated rings. The maximum Gasteiger partial charge on any atom is 0.262 e. The fourth-order valence-electron chi connectivity index (χ4n) is 1.73. The molecule has 3 aromatic rings. The number of aromatic hydroxyl groups is 1. The van der Waals surface area contributed by atoms with Gasteiger partial charge in [0.2, 0.25) is 5.88 Å². The summed E-state index contributed by atoms with van der Waals surface area (Å²) in [6, 6.07) is 7.01. The number of nitrogens with one attached hydrogen (secondary N) is 1. The van der Waals surface area contributed by atoms with Gasteiger partial charge >= 0.3 is 0 Å². The van der Waals surface area contributed by atoms with Crippen molar-refractivity contribution in [3.8, 4) is 28.5 Å². The molecule has 1 aromatic carbocycles. The molecular formula is C12H7BrN4O2S. The van der Waals surface area contributed by atoms with Gasteiger partial charge in [-0.2, -0.15) is 4.98 Å². The summed E-state index contributed by atoms with van der Waals surface area (Å²) < 4.78 is 4.58. The first-order valence-corrected chi connectivity index (χ1v) is 7.15. The maximum atomic E-state index is 12.1. The third-order valence-corrected chi connectivity index (χ3v) is 3.67. The second-order valence-corrected chi connectivity index (χ2v) is 5.44. The predicted octanol–water partition coefficient (Wildman–Crippen LogP) is 2.42. The molecule has 0 saturated heterocycles. The molecule has 0 radical (unpaired) electrons. The Hall–Kier alpha value is -2.06. The number of aromatic amines is 1. The van der Waals surface area contributed by atoms with E-state index in [9.17, 15) is 9.90 Å². The van der Waals surface area contributed by atoms with E-state index in [1.54, 1.807) is 29.6 Å². The molecule has 100 valence electrons. The Labute approximate surface area is 125 Å². The van der Waals surface area contributed by atoms with Crippen LogP contribution in [0.4, 0.5) is 0 Å². The van der Waals surface area contributed by atoms with Crippen molar-refractivity contribution < 1.29 is 5.11 Å². The second-order valence-electron chi connectivity index (χ2n) is 3.91. The molecule has 0 unspecified atom stereocenters. The molecule has 0 atom stereocenters. The molecule has 0 spiro atoms. The Morgan fingerprint density at radius 2 is 2.00 bits per heavy atom. The summed E-state index contributed by atoms with van der Waals surface area (Å²) >= 11 is 4.45. The zero-order chi connectivity index (χ0) is 14.1. The van der Waals surface area contributed by atoms with Gasteiger partial charge in [-0.05, 0) is 29.2 Å². The van der Waals surface area contributed by atoms with Gasteiger partial charge in [-0.3, -0.25) is 4.79 Å². The molecule has 2 aromatic heterocycles. The lowest BCUT2D eigenvalue weighted by Gasteiger charge is -2.04. The minimum atomic E-state index is -0.428. The number of hydrogen-bond donors (Lipinski definition) is 2. The molecular weight excluding hydrogens is 344 g/mol. The van der Waals surface area contributed by atoms with Crippen LogP contribution in [0.25, 0.3) is 22.6 Å². The summed E-state index contributed by atoms with van der Waals surface area (Å²) in [7, 11) is 0. The van der Waals surface area contributed by atoms with Gasteiger partial charge in [0.1, 0.15) is 11.3 Å². The molecule has 2 N–H and O–H groups in total. The molecule has 2 heterocycles. The Morgan fingerprint density at radius 1 is 1.25 bits per heavy atom. The van der Waals surface area contributed by atoms with E-state index in [2.05, 4.69) is 35.5 Å². The summed E-state index contributed by atoms with van der Waals surface area (Å²) in [6.07, 6.45) is 0. The molecule has 0 aliphatic rings. The summed E-state index contributed by atoms with van der Waals surface area (Å²) in [6.45, 7) is 0. The Bertz CT molecular complexity index is 799. The van der Waals surface area contributed by atoms with Crippen LogP contribution in [0.1, 0.15) is 0 Å². The molecule has 0 aliphatic carbocycles. The highest BCUT2D eigenvalue weighted by atomic mass is 79.9. The molecule has 6 nitrogen and oxygen atoms in total. The topological polar surface area (TPSA) is 91.8 Å². The van der Waals surface area contributed by atoms with Crippen molar-refractivity contribution in [3.05, 3.63) is 44.5 Å². The fraction of sp³-hybridized carbons (Fsp3) is 0. The number of rotatable bonds is 2. The van der Waals surface area contributed by atoms with E-state index in [0.29, 0.717) is 11.3 Å². The SMILES string of the molecule is O=c1[nH]c(-c2csnn2)nc(O)c1-c1ccc(Br)cc1. The quantitative estimate of drug-likeness (QED) is 0.740. The van der Waals surface area contributed by atoms with E-state index in [0.717, 1.165) is 16.0 Å². The number of aromatic nitrogens is 4. The highest BCUT2D eigenvalue weighted by Crippen LogP contribution is 2.26. The summed E-state index contributed by atoms with van der Waals surface area (Å²) in [5.74, 6) is -0.138. The number of nitrogens with zero attached hydrogens (tertiary/aromatic N) is 3. The maximum absolute atomic E-state index is 12.1. The van der Waals surface area contributed by atoms with Crippen LogP contribution in [0.2, 0.25) is 0 Å². The Kier molecular flexibility index (Phi) is 3.33. The Morgan fingerprint density at radius 3 is 2.60 bits per heavy atom. The standard InChI is InChI=1S/C12H7BrN4O2S/c13-7-3-1-6(2-4-7)9-11(18)14-10(15-12(9)19)8-5-20-17-16-8/h1-5H,(H2,14,15,18,19). The van der Waals surface area contributed by atoms with Crippen LogP contribution < -0.4 is 5.56 Å². The van der Waals surface area contributed by atoms with Crippen LogP contribution in [-0.4, -0.2) is 24.7 Å². The molecule has 3 rings (SSSR count). The van der Waals surface area contributed by atoms with Crippen molar-refractivity contribution in [3.63, 3.8) is 0 Å². The zero-order valence-electron chi connectivity index (χ0n) is 9.87. The van der Waals surface area contributed by atoms with Crippen LogP contribution in [0, 0.1) is 0 Å². The van der Waals surface area contributed by atoms with Gasteiger partial charge in [-0.1, -0.05) is 32.6 Å². The van der Waals surface area contributed by atoms with Gasteiger partial charge in [0, 0.05) is 9.85 Å². The first-order chi connectivity index (χ1) is 9.65. The van der Waals surface area contributed by atoms with Gasteiger partial charge in [-0.25, -0.2) is 0 Å². The van der Waals surface area contributed by atoms with Crippen LogP contribution >= 0.6 is 27.5 Å². The molecule has 0 bridgehead atoms. The third-order valence-electron chi connectivity index (χ3n) is 2.64. The number of H-pyrrole nitrogens is 1. The summed E-state index contributed by atoms with van der Waals surface area (Å²) in [4.78, 5) is 18.7. The molecule has 0 aliphatic heterocycles. The van der Waals surface area contributed by atoms with E-state index < -0.39 is 5.56 Å². The van der Waals surface area contributed by atoms with E-state index in [-0.39, 0.29) is 17.3 Å². The van der Waals surface area contributed by atoms with E-state index >= 15 is 0 Å². The lowest BCUT2D eigenvalue weighted by atomic mass is 10.1. The van der Waals surface area contributed by atoms with Crippen molar-refractivity contribution in [2.75, 3.05) is 0 Å². The van der Waals surface area contributed by atoms with E-state index in [1.807, 2.05) is 0 Å². The largest absolute Gasteiger partial charge is 0.493 e. The first kappa shape index (κ1) is 12.9. The molecule has 0 saturated carbocycles. The molecule has 8 heteroatoms. The smallest absolute Gasteiger partial charge is 0.262 e. The number of halogens is 1. The van der Waals surface area contributed by atoms with Crippen molar-refractivity contribution >= 4 is 27.5 Å². The monoisotopic (exact) mass is 350 g/mol. The fourth-order valence-corrected chi connectivity index (χ4v) is 2.43. The highest BCUT2D eigenvalue weighted by Gasteiger charge is 2.14. The van der Waals surface area contributed by atoms with Crippen molar-refractivity contribution in [2.45, 2.75) is 0 Å². The predicted molar refractivity (Wildman–Crippen MR) is 78.6 cm³/mol. The minimum Gasteiger partial charge on any atom is -0.493 e. The van der Waals surface area contributed by atoms with Gasteiger partial charge < -0.3 is 10.1 Å². The van der Waals surface area contributed by atoms with Gasteiger partial charge in [0.15, 0.2) is 5.82 Å². The minimum absolute atomic E-state index is 0.129. The summed E-state index contributed by atoms with van der Waals surface area (Å²) in [5, 5.41) is 15.4. The zero-order valence-corrected chi connectivity index (χ0v) is 12.3. The third kappa shape index (κ3) is 2.35. The number of hydrogen-bond acceptors (Lipinski definition) is 6.